The van der Waals surface area contributed by atoms with Crippen molar-refractivity contribution < 1.29 is 27.8 Å². The number of hydrogen-bond donors (Lipinski definition) is 3. The lowest BCUT2D eigenvalue weighted by Gasteiger charge is -2.24. The SMILES string of the molecule is N#Cc1cnc2c(Nc3ccc(C(=O)NCC4CCCO4)c(OCC(F)F)n3)cc(NC3CCOCC3)nn12. The lowest BCUT2D eigenvalue weighted by molar-refractivity contribution is 0.0760. The van der Waals surface area contributed by atoms with Crippen molar-refractivity contribution >= 4 is 28.9 Å². The van der Waals surface area contributed by atoms with Gasteiger partial charge in [0.05, 0.1) is 18.0 Å². The highest BCUT2D eigenvalue weighted by Crippen LogP contribution is 2.27. The summed E-state index contributed by atoms with van der Waals surface area (Å²) < 4.78 is 43.5. The molecule has 2 aliphatic rings. The summed E-state index contributed by atoms with van der Waals surface area (Å²) in [5.41, 5.74) is 1.08. The minimum atomic E-state index is -2.75. The van der Waals surface area contributed by atoms with Gasteiger partial charge in [-0.1, -0.05) is 0 Å². The van der Waals surface area contributed by atoms with Gasteiger partial charge in [0, 0.05) is 38.5 Å². The number of halogens is 2. The van der Waals surface area contributed by atoms with Crippen LogP contribution in [-0.4, -0.2) is 77.0 Å². The molecular weight excluding hydrogens is 514 g/mol. The van der Waals surface area contributed by atoms with Crippen LogP contribution in [0.1, 0.15) is 41.7 Å². The lowest BCUT2D eigenvalue weighted by Crippen LogP contribution is -2.32. The highest BCUT2D eigenvalue weighted by molar-refractivity contribution is 5.96. The number of hydrogen-bond acceptors (Lipinski definition) is 10. The Morgan fingerprint density at radius 3 is 2.82 bits per heavy atom. The Labute approximate surface area is 222 Å². The molecule has 5 rings (SSSR count). The number of nitrogens with one attached hydrogen (secondary N) is 3. The number of carbonyl (C=O) groups excluding carboxylic acids is 1. The number of fused-ring (bicyclic) bond motifs is 1. The van der Waals surface area contributed by atoms with E-state index in [1.54, 1.807) is 6.07 Å². The van der Waals surface area contributed by atoms with E-state index in [0.29, 0.717) is 43.5 Å². The Morgan fingerprint density at radius 2 is 2.08 bits per heavy atom. The van der Waals surface area contributed by atoms with E-state index in [1.165, 1.54) is 22.8 Å². The van der Waals surface area contributed by atoms with Crippen molar-refractivity contribution in [2.24, 2.45) is 0 Å². The molecule has 0 aromatic carbocycles. The zero-order chi connectivity index (χ0) is 27.2. The molecular formula is C25H28F2N8O4. The van der Waals surface area contributed by atoms with Crippen molar-refractivity contribution in [3.05, 3.63) is 35.7 Å². The fourth-order valence-electron chi connectivity index (χ4n) is 4.44. The Hall–Kier alpha value is -4.09. The third-order valence-corrected chi connectivity index (χ3v) is 6.38. The molecule has 12 nitrogen and oxygen atoms in total. The van der Waals surface area contributed by atoms with Crippen LogP contribution in [-0.2, 0) is 9.47 Å². The third-order valence-electron chi connectivity index (χ3n) is 6.38. The first-order chi connectivity index (χ1) is 19.0. The van der Waals surface area contributed by atoms with Gasteiger partial charge in [0.2, 0.25) is 5.88 Å². The zero-order valence-electron chi connectivity index (χ0n) is 21.0. The molecule has 3 aromatic rings. The van der Waals surface area contributed by atoms with Crippen LogP contribution < -0.4 is 20.7 Å². The molecule has 0 bridgehead atoms. The average Bonchev–Trinajstić information content (AvgIpc) is 3.61. The number of carbonyl (C=O) groups is 1. The van der Waals surface area contributed by atoms with Crippen LogP contribution in [0.2, 0.25) is 0 Å². The molecule has 0 saturated carbocycles. The van der Waals surface area contributed by atoms with Gasteiger partial charge in [-0.3, -0.25) is 4.79 Å². The molecule has 1 amide bonds. The summed E-state index contributed by atoms with van der Waals surface area (Å²) in [4.78, 5) is 21.4. The number of rotatable bonds is 10. The van der Waals surface area contributed by atoms with Crippen molar-refractivity contribution in [1.82, 2.24) is 24.9 Å². The van der Waals surface area contributed by atoms with Gasteiger partial charge in [-0.05, 0) is 37.8 Å². The van der Waals surface area contributed by atoms with E-state index >= 15 is 0 Å². The number of ether oxygens (including phenoxy) is 3. The normalized spacial score (nSPS) is 17.7. The van der Waals surface area contributed by atoms with E-state index < -0.39 is 18.9 Å². The molecule has 1 unspecified atom stereocenters. The number of aromatic nitrogens is 4. The Kier molecular flexibility index (Phi) is 8.28. The fraction of sp³-hybridized carbons (Fsp3) is 0.480. The quantitative estimate of drug-likeness (QED) is 0.349. The first kappa shape index (κ1) is 26.5. The van der Waals surface area contributed by atoms with Gasteiger partial charge in [-0.25, -0.2) is 13.8 Å². The van der Waals surface area contributed by atoms with E-state index in [4.69, 9.17) is 14.2 Å². The second-order valence-corrected chi connectivity index (χ2v) is 9.19. The molecule has 0 spiro atoms. The Bertz CT molecular complexity index is 1350. The van der Waals surface area contributed by atoms with E-state index in [0.717, 1.165) is 25.7 Å². The zero-order valence-corrected chi connectivity index (χ0v) is 21.0. The van der Waals surface area contributed by atoms with Crippen molar-refractivity contribution in [2.45, 2.75) is 44.3 Å². The lowest BCUT2D eigenvalue weighted by atomic mass is 10.1. The van der Waals surface area contributed by atoms with E-state index in [-0.39, 0.29) is 35.1 Å². The van der Waals surface area contributed by atoms with Gasteiger partial charge in [0.1, 0.15) is 23.3 Å². The van der Waals surface area contributed by atoms with Gasteiger partial charge in [-0.15, -0.1) is 5.10 Å². The second-order valence-electron chi connectivity index (χ2n) is 9.19. The topological polar surface area (TPSA) is 148 Å². The highest BCUT2D eigenvalue weighted by atomic mass is 19.3. The van der Waals surface area contributed by atoms with Crippen LogP contribution >= 0.6 is 0 Å². The van der Waals surface area contributed by atoms with E-state index in [9.17, 15) is 18.8 Å². The molecule has 5 heterocycles. The molecule has 2 aliphatic heterocycles. The Morgan fingerprint density at radius 1 is 1.23 bits per heavy atom. The molecule has 206 valence electrons. The number of nitriles is 1. The summed E-state index contributed by atoms with van der Waals surface area (Å²) in [6.07, 6.45) is 1.94. The van der Waals surface area contributed by atoms with Gasteiger partial charge in [-0.2, -0.15) is 14.8 Å². The smallest absolute Gasteiger partial charge is 0.272 e. The summed E-state index contributed by atoms with van der Waals surface area (Å²) in [5.74, 6) is -0.0147. The first-order valence-electron chi connectivity index (χ1n) is 12.7. The third kappa shape index (κ3) is 6.50. The van der Waals surface area contributed by atoms with Gasteiger partial charge in [0.15, 0.2) is 17.9 Å². The maximum absolute atomic E-state index is 13.0. The minimum absolute atomic E-state index is 0.0218. The summed E-state index contributed by atoms with van der Waals surface area (Å²) >= 11 is 0. The predicted octanol–water partition coefficient (Wildman–Crippen LogP) is 2.88. The van der Waals surface area contributed by atoms with Crippen LogP contribution in [0.3, 0.4) is 0 Å². The molecule has 3 N–H and O–H groups in total. The maximum atomic E-state index is 13.0. The summed E-state index contributed by atoms with van der Waals surface area (Å²) in [5, 5.41) is 23.2. The fourth-order valence-corrected chi connectivity index (χ4v) is 4.44. The van der Waals surface area contributed by atoms with Crippen LogP contribution in [0.4, 0.5) is 26.1 Å². The number of alkyl halides is 2. The largest absolute Gasteiger partial charge is 0.471 e. The van der Waals surface area contributed by atoms with Crippen molar-refractivity contribution in [1.29, 1.82) is 5.26 Å². The van der Waals surface area contributed by atoms with Gasteiger partial charge in [0.25, 0.3) is 12.3 Å². The van der Waals surface area contributed by atoms with Crippen molar-refractivity contribution in [2.75, 3.05) is 43.6 Å². The molecule has 2 fully saturated rings. The van der Waals surface area contributed by atoms with Crippen LogP contribution in [0, 0.1) is 11.3 Å². The Balaban J connectivity index is 1.41. The van der Waals surface area contributed by atoms with Crippen molar-refractivity contribution in [3.63, 3.8) is 0 Å². The van der Waals surface area contributed by atoms with Crippen molar-refractivity contribution in [3.8, 4) is 11.9 Å². The number of amides is 1. The number of anilines is 3. The standard InChI is InChI=1S/C25H28F2N8O4/c26-20(27)14-39-25-18(24(36)30-13-17-2-1-7-38-17)3-4-21(33-25)32-19-10-22(31-15-5-8-37-9-6-15)34-35-16(11-28)12-29-23(19)35/h3-4,10,12,15,17,20H,1-2,5-9,13-14H2,(H,30,36)(H,31,34)(H,32,33). The highest BCUT2D eigenvalue weighted by Gasteiger charge is 2.22. The maximum Gasteiger partial charge on any atom is 0.272 e. The summed E-state index contributed by atoms with van der Waals surface area (Å²) in [6.45, 7) is 1.29. The molecule has 39 heavy (non-hydrogen) atoms. The molecule has 3 aromatic heterocycles. The van der Waals surface area contributed by atoms with Crippen LogP contribution in [0.25, 0.3) is 5.65 Å². The van der Waals surface area contributed by atoms with Crippen LogP contribution in [0.5, 0.6) is 5.88 Å². The monoisotopic (exact) mass is 542 g/mol. The van der Waals surface area contributed by atoms with Gasteiger partial charge < -0.3 is 30.2 Å². The molecule has 1 atom stereocenters. The van der Waals surface area contributed by atoms with Crippen LogP contribution in [0.15, 0.2) is 24.4 Å². The minimum Gasteiger partial charge on any atom is -0.471 e. The number of imidazole rings is 1. The van der Waals surface area contributed by atoms with E-state index in [1.807, 2.05) is 0 Å². The van der Waals surface area contributed by atoms with E-state index in [2.05, 4.69) is 37.1 Å². The number of pyridine rings is 1. The molecule has 2 saturated heterocycles. The predicted molar refractivity (Wildman–Crippen MR) is 135 cm³/mol. The molecule has 14 heteroatoms. The summed E-state index contributed by atoms with van der Waals surface area (Å²) in [6, 6.07) is 6.92. The second kappa shape index (κ2) is 12.2. The average molecular weight is 543 g/mol. The molecule has 0 radical (unpaired) electrons. The number of nitrogens with zero attached hydrogens (tertiary/aromatic N) is 5. The first-order valence-corrected chi connectivity index (χ1v) is 12.7. The summed E-state index contributed by atoms with van der Waals surface area (Å²) in [7, 11) is 0. The molecule has 0 aliphatic carbocycles. The van der Waals surface area contributed by atoms with Gasteiger partial charge >= 0.3 is 0 Å².